The number of hydrogen-bond acceptors (Lipinski definition) is 8. The maximum Gasteiger partial charge on any atom is 0.251 e. The first-order valence-electron chi connectivity index (χ1n) is 14.1. The number of thiophene rings is 1. The third-order valence-corrected chi connectivity index (χ3v) is 8.87. The summed E-state index contributed by atoms with van der Waals surface area (Å²) in [4.78, 5) is 27.8. The van der Waals surface area contributed by atoms with Crippen molar-refractivity contribution in [1.82, 2.24) is 20.2 Å². The standard InChI is InChI=1S/C31H39N5O4S/c1-21-23(19-26(38-2)29(40-4)28(21)39-3)30(37)32-20-22(27-11-7-18-41-27)12-15-35-13-8-14-36(17-16-35)31-33-24-9-5-6-10-25(24)34-31/h5-7,9-11,18-19,22H,8,12-17,20H2,1-4H3,(H,32,37)(H,33,34). The van der Waals surface area contributed by atoms with Crippen LogP contribution in [0.4, 0.5) is 5.95 Å². The molecule has 41 heavy (non-hydrogen) atoms. The van der Waals surface area contributed by atoms with Gasteiger partial charge in [-0.05, 0) is 62.5 Å². The lowest BCUT2D eigenvalue weighted by Gasteiger charge is -2.24. The van der Waals surface area contributed by atoms with Crippen LogP contribution in [0.2, 0.25) is 0 Å². The third-order valence-electron chi connectivity index (χ3n) is 7.84. The van der Waals surface area contributed by atoms with Gasteiger partial charge in [0.05, 0.1) is 32.4 Å². The Morgan fingerprint density at radius 1 is 1.05 bits per heavy atom. The number of methoxy groups -OCH3 is 3. The smallest absolute Gasteiger partial charge is 0.251 e. The Balaban J connectivity index is 1.21. The molecule has 1 atom stereocenters. The fourth-order valence-electron chi connectivity index (χ4n) is 5.55. The minimum absolute atomic E-state index is 0.153. The highest BCUT2D eigenvalue weighted by Gasteiger charge is 2.24. The minimum atomic E-state index is -0.153. The van der Waals surface area contributed by atoms with Gasteiger partial charge in [0.25, 0.3) is 5.91 Å². The Morgan fingerprint density at radius 2 is 1.88 bits per heavy atom. The van der Waals surface area contributed by atoms with Crippen LogP contribution in [-0.2, 0) is 0 Å². The second-order valence-electron chi connectivity index (χ2n) is 10.3. The molecule has 0 radical (unpaired) electrons. The van der Waals surface area contributed by atoms with E-state index in [1.54, 1.807) is 38.7 Å². The molecular weight excluding hydrogens is 538 g/mol. The minimum Gasteiger partial charge on any atom is -0.493 e. The lowest BCUT2D eigenvalue weighted by molar-refractivity contribution is 0.0948. The molecule has 3 heterocycles. The number of H-pyrrole nitrogens is 1. The van der Waals surface area contributed by atoms with Crippen LogP contribution in [-0.4, -0.2) is 81.4 Å². The van der Waals surface area contributed by atoms with Gasteiger partial charge in [-0.15, -0.1) is 11.3 Å². The number of ether oxygens (including phenoxy) is 3. The van der Waals surface area contributed by atoms with Crippen LogP contribution in [0.3, 0.4) is 0 Å². The molecule has 218 valence electrons. The number of rotatable bonds is 11. The molecular formula is C31H39N5O4S. The quantitative estimate of drug-likeness (QED) is 0.257. The molecule has 1 aliphatic rings. The summed E-state index contributed by atoms with van der Waals surface area (Å²) in [6, 6.07) is 14.1. The van der Waals surface area contributed by atoms with Crippen LogP contribution in [0, 0.1) is 6.92 Å². The summed E-state index contributed by atoms with van der Waals surface area (Å²) in [5.41, 5.74) is 3.31. The fourth-order valence-corrected chi connectivity index (χ4v) is 6.41. The van der Waals surface area contributed by atoms with Gasteiger partial charge in [-0.25, -0.2) is 4.98 Å². The largest absolute Gasteiger partial charge is 0.493 e. The first-order chi connectivity index (χ1) is 20.0. The van der Waals surface area contributed by atoms with Gasteiger partial charge >= 0.3 is 0 Å². The number of carbonyl (C=O) groups is 1. The van der Waals surface area contributed by atoms with Crippen molar-refractivity contribution in [2.75, 3.05) is 65.5 Å². The average Bonchev–Trinajstić information content (AvgIpc) is 3.62. The Labute approximate surface area is 245 Å². The van der Waals surface area contributed by atoms with Gasteiger partial charge in [0.15, 0.2) is 11.5 Å². The van der Waals surface area contributed by atoms with Gasteiger partial charge in [0.2, 0.25) is 11.7 Å². The first kappa shape index (κ1) is 28.8. The number of anilines is 1. The van der Waals surface area contributed by atoms with Crippen molar-refractivity contribution < 1.29 is 19.0 Å². The number of carbonyl (C=O) groups excluding carboxylic acids is 1. The molecule has 1 saturated heterocycles. The summed E-state index contributed by atoms with van der Waals surface area (Å²) in [7, 11) is 4.68. The summed E-state index contributed by atoms with van der Waals surface area (Å²) >= 11 is 1.74. The van der Waals surface area contributed by atoms with E-state index in [0.717, 1.165) is 62.5 Å². The summed E-state index contributed by atoms with van der Waals surface area (Å²) in [5.74, 6) is 2.47. The van der Waals surface area contributed by atoms with Gasteiger partial charge in [0, 0.05) is 48.1 Å². The maximum absolute atomic E-state index is 13.4. The predicted octanol–water partition coefficient (Wildman–Crippen LogP) is 5.07. The number of fused-ring (bicyclic) bond motifs is 1. The Hall–Kier alpha value is -3.76. The number of aromatic nitrogens is 2. The number of nitrogens with one attached hydrogen (secondary N) is 2. The summed E-state index contributed by atoms with van der Waals surface area (Å²) in [6.07, 6.45) is 2.04. The van der Waals surface area contributed by atoms with Crippen molar-refractivity contribution in [3.05, 3.63) is 63.8 Å². The summed E-state index contributed by atoms with van der Waals surface area (Å²) in [5, 5.41) is 5.29. The Kier molecular flexibility index (Phi) is 9.31. The summed E-state index contributed by atoms with van der Waals surface area (Å²) < 4.78 is 16.5. The van der Waals surface area contributed by atoms with E-state index in [2.05, 4.69) is 43.7 Å². The van der Waals surface area contributed by atoms with Gasteiger partial charge in [-0.2, -0.15) is 0 Å². The van der Waals surface area contributed by atoms with Gasteiger partial charge in [-0.1, -0.05) is 18.2 Å². The lowest BCUT2D eigenvalue weighted by Crippen LogP contribution is -2.34. The van der Waals surface area contributed by atoms with E-state index in [-0.39, 0.29) is 11.8 Å². The molecule has 9 nitrogen and oxygen atoms in total. The van der Waals surface area contributed by atoms with E-state index in [1.165, 1.54) is 4.88 Å². The highest BCUT2D eigenvalue weighted by Crippen LogP contribution is 2.41. The molecule has 1 amide bonds. The van der Waals surface area contributed by atoms with E-state index in [0.29, 0.717) is 34.9 Å². The monoisotopic (exact) mass is 577 g/mol. The van der Waals surface area contributed by atoms with E-state index in [4.69, 9.17) is 19.2 Å². The highest BCUT2D eigenvalue weighted by atomic mass is 32.1. The molecule has 0 spiro atoms. The van der Waals surface area contributed by atoms with Crippen LogP contribution in [0.5, 0.6) is 17.2 Å². The molecule has 1 fully saturated rings. The number of nitrogens with zero attached hydrogens (tertiary/aromatic N) is 3. The molecule has 0 aliphatic carbocycles. The normalized spacial score (nSPS) is 15.0. The molecule has 5 rings (SSSR count). The van der Waals surface area contributed by atoms with Crippen molar-refractivity contribution in [1.29, 1.82) is 0 Å². The third kappa shape index (κ3) is 6.44. The van der Waals surface area contributed by atoms with Crippen molar-refractivity contribution in [2.24, 2.45) is 0 Å². The molecule has 4 aromatic rings. The molecule has 0 saturated carbocycles. The van der Waals surface area contributed by atoms with Crippen LogP contribution < -0.4 is 24.4 Å². The maximum atomic E-state index is 13.4. The zero-order valence-electron chi connectivity index (χ0n) is 24.2. The van der Waals surface area contributed by atoms with Crippen molar-refractivity contribution in [3.63, 3.8) is 0 Å². The van der Waals surface area contributed by atoms with Gasteiger partial charge in [-0.3, -0.25) is 4.79 Å². The number of benzene rings is 2. The second kappa shape index (κ2) is 13.3. The Morgan fingerprint density at radius 3 is 2.61 bits per heavy atom. The molecule has 2 aromatic heterocycles. The highest BCUT2D eigenvalue weighted by molar-refractivity contribution is 7.10. The number of imidazole rings is 1. The number of amides is 1. The topological polar surface area (TPSA) is 92.0 Å². The predicted molar refractivity (Wildman–Crippen MR) is 164 cm³/mol. The van der Waals surface area contributed by atoms with Gasteiger partial charge < -0.3 is 34.3 Å². The lowest BCUT2D eigenvalue weighted by atomic mass is 10.0. The molecule has 1 aliphatic heterocycles. The van der Waals surface area contributed by atoms with Crippen molar-refractivity contribution in [3.8, 4) is 17.2 Å². The number of aromatic amines is 1. The molecule has 2 aromatic carbocycles. The number of para-hydroxylation sites is 2. The molecule has 1 unspecified atom stereocenters. The van der Waals surface area contributed by atoms with E-state index in [9.17, 15) is 4.79 Å². The zero-order valence-corrected chi connectivity index (χ0v) is 25.1. The zero-order chi connectivity index (χ0) is 28.8. The Bertz CT molecular complexity index is 1420. The molecule has 2 N–H and O–H groups in total. The average molecular weight is 578 g/mol. The van der Waals surface area contributed by atoms with E-state index < -0.39 is 0 Å². The van der Waals surface area contributed by atoms with Crippen LogP contribution in [0.25, 0.3) is 11.0 Å². The van der Waals surface area contributed by atoms with E-state index in [1.807, 2.05) is 25.1 Å². The second-order valence-corrected chi connectivity index (χ2v) is 11.3. The number of hydrogen-bond donors (Lipinski definition) is 2. The van der Waals surface area contributed by atoms with Crippen LogP contribution in [0.15, 0.2) is 47.8 Å². The first-order valence-corrected chi connectivity index (χ1v) is 14.9. The SMILES string of the molecule is COc1cc(C(=O)NCC(CCN2CCCN(c3nc4ccccc4[nH]3)CC2)c2cccs2)c(C)c(OC)c1OC. The summed E-state index contributed by atoms with van der Waals surface area (Å²) in [6.45, 7) is 7.32. The van der Waals surface area contributed by atoms with E-state index >= 15 is 0 Å². The van der Waals surface area contributed by atoms with Gasteiger partial charge in [0.1, 0.15) is 0 Å². The van der Waals surface area contributed by atoms with Crippen LogP contribution >= 0.6 is 11.3 Å². The van der Waals surface area contributed by atoms with Crippen LogP contribution in [0.1, 0.15) is 39.6 Å². The fraction of sp³-hybridized carbons (Fsp3) is 0.419. The molecule has 10 heteroatoms. The van der Waals surface area contributed by atoms with Crippen molar-refractivity contribution >= 4 is 34.2 Å². The molecule has 0 bridgehead atoms. The van der Waals surface area contributed by atoms with Crippen molar-refractivity contribution in [2.45, 2.75) is 25.7 Å².